The van der Waals surface area contributed by atoms with E-state index in [9.17, 15) is 13.2 Å². The molecule has 2 aromatic carbocycles. The van der Waals surface area contributed by atoms with E-state index in [2.05, 4.69) is 25.5 Å². The first kappa shape index (κ1) is 22.1. The Morgan fingerprint density at radius 1 is 1.07 bits per heavy atom. The van der Waals surface area contributed by atoms with E-state index < -0.39 is 10.0 Å². The van der Waals surface area contributed by atoms with Crippen molar-refractivity contribution in [2.45, 2.75) is 44.0 Å². The van der Waals surface area contributed by atoms with Gasteiger partial charge in [-0.3, -0.25) is 4.79 Å². The van der Waals surface area contributed by atoms with Gasteiger partial charge in [0.05, 0.1) is 4.90 Å². The lowest BCUT2D eigenvalue weighted by Crippen LogP contribution is -2.32. The van der Waals surface area contributed by atoms with Crippen LogP contribution < -0.4 is 14.2 Å². The van der Waals surface area contributed by atoms with Crippen LogP contribution in [0.4, 0.5) is 0 Å². The first-order valence-corrected chi connectivity index (χ1v) is 11.3. The van der Waals surface area contributed by atoms with Crippen LogP contribution in [-0.4, -0.2) is 39.6 Å². The average molecular weight is 433 g/mol. The highest BCUT2D eigenvalue weighted by molar-refractivity contribution is 7.89. The van der Waals surface area contributed by atoms with Crippen LogP contribution in [0.3, 0.4) is 0 Å². The quantitative estimate of drug-likeness (QED) is 0.727. The molecule has 1 N–H and O–H groups in total. The highest BCUT2D eigenvalue weighted by atomic mass is 32.2. The van der Waals surface area contributed by atoms with Gasteiger partial charge in [-0.2, -0.15) is 0 Å². The maximum absolute atomic E-state index is 12.5. The molecule has 162 valence electrons. The number of nitrogens with one attached hydrogen (secondary N) is 1. The third-order valence-electron chi connectivity index (χ3n) is 4.94. The van der Waals surface area contributed by atoms with Crippen molar-refractivity contribution in [3.8, 4) is 11.5 Å². The molecule has 1 heterocycles. The highest BCUT2D eigenvalue weighted by Gasteiger charge is 2.19. The van der Waals surface area contributed by atoms with Gasteiger partial charge in [0, 0.05) is 26.6 Å². The summed E-state index contributed by atoms with van der Waals surface area (Å²) in [7, 11) is -1.97. The minimum absolute atomic E-state index is 0.0354. The predicted molar refractivity (Wildman–Crippen MR) is 114 cm³/mol. The molecule has 0 saturated carbocycles. The molecule has 1 aliphatic heterocycles. The standard InChI is InChI=1S/C22H28N2O5S/c1-22(2,3)17-6-8-18(9-7-17)30(26,27)23-12-11-21(25)24(4)14-16-5-10-19-20(13-16)29-15-28-19/h5-10,13,23H,11-12,14-15H2,1-4H3. The Morgan fingerprint density at radius 3 is 2.40 bits per heavy atom. The Labute approximate surface area is 178 Å². The summed E-state index contributed by atoms with van der Waals surface area (Å²) in [6.45, 7) is 6.85. The maximum Gasteiger partial charge on any atom is 0.240 e. The van der Waals surface area contributed by atoms with Crippen LogP contribution in [0.1, 0.15) is 38.3 Å². The van der Waals surface area contributed by atoms with Crippen LogP contribution >= 0.6 is 0 Å². The van der Waals surface area contributed by atoms with E-state index in [0.29, 0.717) is 18.0 Å². The molecule has 0 radical (unpaired) electrons. The first-order valence-electron chi connectivity index (χ1n) is 9.79. The van der Waals surface area contributed by atoms with Gasteiger partial charge in [-0.1, -0.05) is 39.0 Å². The summed E-state index contributed by atoms with van der Waals surface area (Å²) in [5.41, 5.74) is 1.92. The fourth-order valence-electron chi connectivity index (χ4n) is 3.10. The molecule has 1 aliphatic rings. The number of benzene rings is 2. The van der Waals surface area contributed by atoms with Gasteiger partial charge in [-0.15, -0.1) is 0 Å². The number of rotatable bonds is 7. The third-order valence-corrected chi connectivity index (χ3v) is 6.42. The zero-order valence-corrected chi connectivity index (χ0v) is 18.6. The summed E-state index contributed by atoms with van der Waals surface area (Å²) in [5, 5.41) is 0. The molecule has 0 atom stereocenters. The van der Waals surface area contributed by atoms with E-state index in [1.54, 1.807) is 24.1 Å². The van der Waals surface area contributed by atoms with Gasteiger partial charge in [0.2, 0.25) is 22.7 Å². The molecular weight excluding hydrogens is 404 g/mol. The van der Waals surface area contributed by atoms with Crippen LogP contribution in [0.25, 0.3) is 0 Å². The van der Waals surface area contributed by atoms with Crippen LogP contribution in [0.5, 0.6) is 11.5 Å². The highest BCUT2D eigenvalue weighted by Crippen LogP contribution is 2.32. The second kappa shape index (κ2) is 8.65. The molecule has 2 aromatic rings. The number of hydrogen-bond donors (Lipinski definition) is 1. The molecule has 0 fully saturated rings. The number of fused-ring (bicyclic) bond motifs is 1. The molecule has 3 rings (SSSR count). The summed E-state index contributed by atoms with van der Waals surface area (Å²) in [6.07, 6.45) is 0.0698. The van der Waals surface area contributed by atoms with Crippen molar-refractivity contribution in [1.82, 2.24) is 9.62 Å². The lowest BCUT2D eigenvalue weighted by Gasteiger charge is -2.19. The fourth-order valence-corrected chi connectivity index (χ4v) is 4.13. The van der Waals surface area contributed by atoms with Gasteiger partial charge in [0.25, 0.3) is 0 Å². The second-order valence-corrected chi connectivity index (χ2v) is 10.1. The summed E-state index contributed by atoms with van der Waals surface area (Å²) in [5.74, 6) is 1.20. The number of hydrogen-bond acceptors (Lipinski definition) is 5. The van der Waals surface area contributed by atoms with Crippen LogP contribution in [0.2, 0.25) is 0 Å². The van der Waals surface area contributed by atoms with E-state index >= 15 is 0 Å². The molecule has 0 unspecified atom stereocenters. The SMILES string of the molecule is CN(Cc1ccc2c(c1)OCO2)C(=O)CCNS(=O)(=O)c1ccc(C(C)(C)C)cc1. The van der Waals surface area contributed by atoms with Gasteiger partial charge in [0.1, 0.15) is 0 Å². The maximum atomic E-state index is 12.5. The van der Waals surface area contributed by atoms with Crippen LogP contribution in [-0.2, 0) is 26.8 Å². The molecule has 8 heteroatoms. The van der Waals surface area contributed by atoms with Crippen molar-refractivity contribution in [2.75, 3.05) is 20.4 Å². The molecule has 0 spiro atoms. The molecule has 30 heavy (non-hydrogen) atoms. The number of amides is 1. The molecule has 0 aliphatic carbocycles. The minimum Gasteiger partial charge on any atom is -0.454 e. The van der Waals surface area contributed by atoms with Gasteiger partial charge in [-0.05, 0) is 40.8 Å². The molecule has 0 bridgehead atoms. The Kier molecular flexibility index (Phi) is 6.38. The predicted octanol–water partition coefficient (Wildman–Crippen LogP) is 3.04. The van der Waals surface area contributed by atoms with Crippen molar-refractivity contribution >= 4 is 15.9 Å². The second-order valence-electron chi connectivity index (χ2n) is 8.36. The van der Waals surface area contributed by atoms with Crippen molar-refractivity contribution in [3.05, 3.63) is 53.6 Å². The lowest BCUT2D eigenvalue weighted by atomic mass is 9.87. The molecule has 7 nitrogen and oxygen atoms in total. The minimum atomic E-state index is -3.66. The number of ether oxygens (including phenoxy) is 2. The summed E-state index contributed by atoms with van der Waals surface area (Å²) >= 11 is 0. The smallest absolute Gasteiger partial charge is 0.240 e. The summed E-state index contributed by atoms with van der Waals surface area (Å²) in [6, 6.07) is 12.4. The first-order chi connectivity index (χ1) is 14.1. The fraction of sp³-hybridized carbons (Fsp3) is 0.409. The van der Waals surface area contributed by atoms with E-state index in [1.165, 1.54) is 0 Å². The third kappa shape index (κ3) is 5.31. The number of sulfonamides is 1. The Bertz CT molecular complexity index is 1010. The zero-order valence-electron chi connectivity index (χ0n) is 17.8. The Balaban J connectivity index is 1.51. The Morgan fingerprint density at radius 2 is 1.73 bits per heavy atom. The molecule has 0 aromatic heterocycles. The van der Waals surface area contributed by atoms with Crippen molar-refractivity contribution in [2.24, 2.45) is 0 Å². The van der Waals surface area contributed by atoms with E-state index in [-0.39, 0.29) is 36.0 Å². The van der Waals surface area contributed by atoms with E-state index in [0.717, 1.165) is 11.1 Å². The summed E-state index contributed by atoms with van der Waals surface area (Å²) in [4.78, 5) is 14.1. The van der Waals surface area contributed by atoms with Crippen molar-refractivity contribution in [1.29, 1.82) is 0 Å². The molecule has 1 amide bonds. The topological polar surface area (TPSA) is 84.9 Å². The summed E-state index contributed by atoms with van der Waals surface area (Å²) < 4.78 is 38.1. The van der Waals surface area contributed by atoms with Crippen LogP contribution in [0.15, 0.2) is 47.4 Å². The number of carbonyl (C=O) groups excluding carboxylic acids is 1. The van der Waals surface area contributed by atoms with Gasteiger partial charge >= 0.3 is 0 Å². The van der Waals surface area contributed by atoms with Crippen LogP contribution in [0, 0.1) is 0 Å². The van der Waals surface area contributed by atoms with E-state index in [1.807, 2.05) is 30.3 Å². The lowest BCUT2D eigenvalue weighted by molar-refractivity contribution is -0.130. The number of carbonyl (C=O) groups is 1. The normalized spacial score (nSPS) is 13.3. The number of nitrogens with zero attached hydrogens (tertiary/aromatic N) is 1. The largest absolute Gasteiger partial charge is 0.454 e. The van der Waals surface area contributed by atoms with Gasteiger partial charge < -0.3 is 14.4 Å². The van der Waals surface area contributed by atoms with Crippen molar-refractivity contribution < 1.29 is 22.7 Å². The van der Waals surface area contributed by atoms with E-state index in [4.69, 9.17) is 9.47 Å². The zero-order chi connectivity index (χ0) is 21.9. The molecular formula is C22H28N2O5S. The van der Waals surface area contributed by atoms with Gasteiger partial charge in [-0.25, -0.2) is 13.1 Å². The Hall–Kier alpha value is -2.58. The average Bonchev–Trinajstić information content (AvgIpc) is 3.15. The molecule has 0 saturated heterocycles. The van der Waals surface area contributed by atoms with Crippen molar-refractivity contribution in [3.63, 3.8) is 0 Å². The monoisotopic (exact) mass is 432 g/mol. The van der Waals surface area contributed by atoms with Gasteiger partial charge in [0.15, 0.2) is 11.5 Å².